The van der Waals surface area contributed by atoms with E-state index in [0.717, 1.165) is 42.5 Å². The standard InChI is InChI=1S/C23H29BrN4O3S/c24-19-2-1-3-21(15-19)32(30,31)20-7-12-28(13-8-20)23(29)18-5-10-27(11-6-18)16-17-4-9-26-22(25)14-17/h1-4,9,14-15,18,20H,5-8,10-13,16H2,(H2,25,26). The average Bonchev–Trinajstić information content (AvgIpc) is 2.79. The number of hydrogen-bond acceptors (Lipinski definition) is 6. The van der Waals surface area contributed by atoms with E-state index in [1.807, 2.05) is 23.1 Å². The van der Waals surface area contributed by atoms with Crippen LogP contribution in [0.3, 0.4) is 0 Å². The van der Waals surface area contributed by atoms with Gasteiger partial charge in [0.1, 0.15) is 5.82 Å². The van der Waals surface area contributed by atoms with Crippen molar-refractivity contribution in [2.45, 2.75) is 42.4 Å². The van der Waals surface area contributed by atoms with Crippen LogP contribution in [0.15, 0.2) is 52.0 Å². The van der Waals surface area contributed by atoms with E-state index in [0.29, 0.717) is 36.6 Å². The Kier molecular flexibility index (Phi) is 7.17. The molecular weight excluding hydrogens is 492 g/mol. The molecule has 9 heteroatoms. The SMILES string of the molecule is Nc1cc(CN2CCC(C(=O)N3CCC(S(=O)(=O)c4cccc(Br)c4)CC3)CC2)ccn1. The van der Waals surface area contributed by atoms with Crippen LogP contribution >= 0.6 is 15.9 Å². The number of halogens is 1. The number of hydrogen-bond donors (Lipinski definition) is 1. The van der Waals surface area contributed by atoms with Crippen molar-refractivity contribution in [3.05, 3.63) is 52.6 Å². The highest BCUT2D eigenvalue weighted by Crippen LogP contribution is 2.28. The van der Waals surface area contributed by atoms with Crippen molar-refractivity contribution in [2.24, 2.45) is 5.92 Å². The second-order valence-electron chi connectivity index (χ2n) is 8.67. The van der Waals surface area contributed by atoms with Gasteiger partial charge in [0.15, 0.2) is 9.84 Å². The number of sulfone groups is 1. The van der Waals surface area contributed by atoms with Gasteiger partial charge in [0.05, 0.1) is 10.1 Å². The summed E-state index contributed by atoms with van der Waals surface area (Å²) in [4.78, 5) is 21.7. The molecule has 1 aromatic heterocycles. The lowest BCUT2D eigenvalue weighted by Gasteiger charge is -2.37. The lowest BCUT2D eigenvalue weighted by atomic mass is 9.94. The van der Waals surface area contributed by atoms with Crippen LogP contribution in [0.4, 0.5) is 5.82 Å². The third-order valence-corrected chi connectivity index (χ3v) is 9.26. The Morgan fingerprint density at radius 1 is 1.06 bits per heavy atom. The number of aromatic nitrogens is 1. The van der Waals surface area contributed by atoms with Crippen LogP contribution in [0.1, 0.15) is 31.2 Å². The zero-order chi connectivity index (χ0) is 22.7. The first-order chi connectivity index (χ1) is 15.3. The predicted octanol–water partition coefficient (Wildman–Crippen LogP) is 3.10. The van der Waals surface area contributed by atoms with Gasteiger partial charge in [-0.3, -0.25) is 9.69 Å². The summed E-state index contributed by atoms with van der Waals surface area (Å²) in [5.74, 6) is 0.723. The van der Waals surface area contributed by atoms with E-state index in [9.17, 15) is 13.2 Å². The Hall–Kier alpha value is -1.97. The van der Waals surface area contributed by atoms with E-state index >= 15 is 0 Å². The van der Waals surface area contributed by atoms with Crippen LogP contribution in [-0.4, -0.2) is 60.5 Å². The van der Waals surface area contributed by atoms with Crippen LogP contribution in [0.5, 0.6) is 0 Å². The summed E-state index contributed by atoms with van der Waals surface area (Å²) in [5.41, 5.74) is 6.90. The van der Waals surface area contributed by atoms with Crippen LogP contribution in [0.25, 0.3) is 0 Å². The van der Waals surface area contributed by atoms with Gasteiger partial charge in [0.25, 0.3) is 0 Å². The molecule has 0 bridgehead atoms. The van der Waals surface area contributed by atoms with Gasteiger partial charge in [-0.15, -0.1) is 0 Å². The molecular formula is C23H29BrN4O3S. The largest absolute Gasteiger partial charge is 0.384 e. The molecule has 0 radical (unpaired) electrons. The number of amides is 1. The summed E-state index contributed by atoms with van der Waals surface area (Å²) in [7, 11) is -3.39. The summed E-state index contributed by atoms with van der Waals surface area (Å²) in [6, 6.07) is 10.7. The fourth-order valence-electron chi connectivity index (χ4n) is 4.67. The topological polar surface area (TPSA) is 96.6 Å². The van der Waals surface area contributed by atoms with Gasteiger partial charge in [-0.25, -0.2) is 13.4 Å². The number of nitrogens with zero attached hydrogens (tertiary/aromatic N) is 3. The molecule has 1 aromatic carbocycles. The first-order valence-electron chi connectivity index (χ1n) is 11.0. The highest BCUT2D eigenvalue weighted by Gasteiger charge is 2.35. The third-order valence-electron chi connectivity index (χ3n) is 6.51. The van der Waals surface area contributed by atoms with Crippen molar-refractivity contribution in [1.29, 1.82) is 0 Å². The fraction of sp³-hybridized carbons (Fsp3) is 0.478. The minimum atomic E-state index is -3.39. The number of carbonyl (C=O) groups is 1. The molecule has 0 unspecified atom stereocenters. The Morgan fingerprint density at radius 3 is 2.44 bits per heavy atom. The summed E-state index contributed by atoms with van der Waals surface area (Å²) >= 11 is 3.35. The van der Waals surface area contributed by atoms with Gasteiger partial charge >= 0.3 is 0 Å². The number of nitrogen functional groups attached to an aromatic ring is 1. The molecule has 2 N–H and O–H groups in total. The molecule has 32 heavy (non-hydrogen) atoms. The van der Waals surface area contributed by atoms with Gasteiger partial charge in [-0.2, -0.15) is 0 Å². The number of piperidine rings is 2. The predicted molar refractivity (Wildman–Crippen MR) is 128 cm³/mol. The second-order valence-corrected chi connectivity index (χ2v) is 11.8. The van der Waals surface area contributed by atoms with E-state index in [4.69, 9.17) is 5.73 Å². The smallest absolute Gasteiger partial charge is 0.225 e. The van der Waals surface area contributed by atoms with Gasteiger partial charge in [0, 0.05) is 36.2 Å². The van der Waals surface area contributed by atoms with E-state index < -0.39 is 15.1 Å². The average molecular weight is 521 g/mol. The summed E-state index contributed by atoms with van der Waals surface area (Å²) in [5, 5.41) is -0.435. The third kappa shape index (κ3) is 5.32. The molecule has 0 atom stereocenters. The molecule has 0 saturated carbocycles. The maximum Gasteiger partial charge on any atom is 0.225 e. The molecule has 4 rings (SSSR count). The fourth-order valence-corrected chi connectivity index (χ4v) is 7.00. The first-order valence-corrected chi connectivity index (χ1v) is 13.4. The number of anilines is 1. The quantitative estimate of drug-likeness (QED) is 0.650. The van der Waals surface area contributed by atoms with Crippen LogP contribution in [-0.2, 0) is 21.2 Å². The minimum absolute atomic E-state index is 0.0204. The molecule has 172 valence electrons. The Morgan fingerprint density at radius 2 is 1.78 bits per heavy atom. The molecule has 2 aliphatic heterocycles. The van der Waals surface area contributed by atoms with Gasteiger partial charge in [-0.05, 0) is 74.7 Å². The Labute approximate surface area is 198 Å². The maximum absolute atomic E-state index is 13.1. The minimum Gasteiger partial charge on any atom is -0.384 e. The van der Waals surface area contributed by atoms with E-state index in [1.54, 1.807) is 24.4 Å². The van der Waals surface area contributed by atoms with E-state index in [1.165, 1.54) is 0 Å². The van der Waals surface area contributed by atoms with Gasteiger partial charge < -0.3 is 10.6 Å². The van der Waals surface area contributed by atoms with Crippen LogP contribution < -0.4 is 5.73 Å². The molecule has 2 saturated heterocycles. The van der Waals surface area contributed by atoms with E-state index in [-0.39, 0.29) is 11.8 Å². The number of carbonyl (C=O) groups excluding carboxylic acids is 1. The van der Waals surface area contributed by atoms with Crippen molar-refractivity contribution in [3.63, 3.8) is 0 Å². The van der Waals surface area contributed by atoms with Crippen molar-refractivity contribution in [3.8, 4) is 0 Å². The molecule has 2 aliphatic rings. The molecule has 1 amide bonds. The first kappa shape index (κ1) is 23.2. The summed E-state index contributed by atoms with van der Waals surface area (Å²) in [6.07, 6.45) is 4.36. The molecule has 3 heterocycles. The highest BCUT2D eigenvalue weighted by atomic mass is 79.9. The van der Waals surface area contributed by atoms with Crippen LogP contribution in [0.2, 0.25) is 0 Å². The molecule has 2 fully saturated rings. The van der Waals surface area contributed by atoms with Crippen molar-refractivity contribution in [1.82, 2.24) is 14.8 Å². The zero-order valence-electron chi connectivity index (χ0n) is 18.0. The monoisotopic (exact) mass is 520 g/mol. The molecule has 7 nitrogen and oxygen atoms in total. The number of benzene rings is 1. The molecule has 0 spiro atoms. The lowest BCUT2D eigenvalue weighted by molar-refractivity contribution is -0.138. The second kappa shape index (κ2) is 9.89. The lowest BCUT2D eigenvalue weighted by Crippen LogP contribution is -2.47. The number of rotatable bonds is 5. The normalized spacial score (nSPS) is 19.2. The number of pyridine rings is 1. The van der Waals surface area contributed by atoms with Gasteiger partial charge in [-0.1, -0.05) is 22.0 Å². The zero-order valence-corrected chi connectivity index (χ0v) is 20.4. The highest BCUT2D eigenvalue weighted by molar-refractivity contribution is 9.10. The molecule has 2 aromatic rings. The van der Waals surface area contributed by atoms with Crippen molar-refractivity contribution >= 4 is 37.5 Å². The van der Waals surface area contributed by atoms with Gasteiger partial charge in [0.2, 0.25) is 5.91 Å². The summed E-state index contributed by atoms with van der Waals surface area (Å²) < 4.78 is 26.7. The number of likely N-dealkylation sites (tertiary alicyclic amines) is 2. The van der Waals surface area contributed by atoms with Crippen molar-refractivity contribution in [2.75, 3.05) is 31.9 Å². The Bertz CT molecular complexity index is 1060. The Balaban J connectivity index is 1.28. The maximum atomic E-state index is 13.1. The summed E-state index contributed by atoms with van der Waals surface area (Å²) in [6.45, 7) is 3.56. The van der Waals surface area contributed by atoms with E-state index in [2.05, 4.69) is 25.8 Å². The molecule has 0 aliphatic carbocycles. The van der Waals surface area contributed by atoms with Crippen LogP contribution in [0, 0.1) is 5.92 Å². The van der Waals surface area contributed by atoms with Crippen molar-refractivity contribution < 1.29 is 13.2 Å². The number of nitrogens with two attached hydrogens (primary N) is 1.